The van der Waals surface area contributed by atoms with Crippen molar-refractivity contribution < 1.29 is 4.79 Å². The van der Waals surface area contributed by atoms with Crippen LogP contribution in [0.5, 0.6) is 0 Å². The second-order valence-electron chi connectivity index (χ2n) is 6.86. The van der Waals surface area contributed by atoms with Crippen molar-refractivity contribution in [1.82, 2.24) is 15.5 Å². The lowest BCUT2D eigenvalue weighted by molar-refractivity contribution is -0.124. The zero-order valence-corrected chi connectivity index (χ0v) is 13.3. The Bertz CT molecular complexity index is 286. The Morgan fingerprint density at radius 1 is 1.37 bits per heavy atom. The van der Waals surface area contributed by atoms with E-state index in [1.54, 1.807) is 0 Å². The number of hydrogen-bond acceptors (Lipinski definition) is 3. The summed E-state index contributed by atoms with van der Waals surface area (Å²) in [5, 5.41) is 6.64. The van der Waals surface area contributed by atoms with E-state index in [0.29, 0.717) is 18.5 Å². The Balaban J connectivity index is 2.33. The Labute approximate surface area is 118 Å². The highest BCUT2D eigenvalue weighted by atomic mass is 16.2. The molecule has 1 heterocycles. The van der Waals surface area contributed by atoms with Gasteiger partial charge in [0.15, 0.2) is 0 Å². The summed E-state index contributed by atoms with van der Waals surface area (Å²) in [6.45, 7) is 14.2. The summed E-state index contributed by atoms with van der Waals surface area (Å²) in [6.07, 6.45) is 2.32. The average molecular weight is 269 g/mol. The Morgan fingerprint density at radius 3 is 2.58 bits per heavy atom. The van der Waals surface area contributed by atoms with Crippen molar-refractivity contribution in [3.8, 4) is 0 Å². The van der Waals surface area contributed by atoms with Crippen molar-refractivity contribution in [2.24, 2.45) is 5.92 Å². The fraction of sp³-hybridized carbons (Fsp3) is 0.933. The molecule has 0 aromatic carbocycles. The Hall–Kier alpha value is -0.610. The average Bonchev–Trinajstić information content (AvgIpc) is 2.25. The van der Waals surface area contributed by atoms with E-state index in [1.165, 1.54) is 6.42 Å². The molecular weight excluding hydrogens is 238 g/mol. The minimum atomic E-state index is -0.135. The minimum Gasteiger partial charge on any atom is -0.350 e. The van der Waals surface area contributed by atoms with Crippen molar-refractivity contribution in [2.45, 2.75) is 59.0 Å². The lowest BCUT2D eigenvalue weighted by Crippen LogP contribution is -2.52. The van der Waals surface area contributed by atoms with Crippen LogP contribution in [0.2, 0.25) is 0 Å². The van der Waals surface area contributed by atoms with Crippen LogP contribution < -0.4 is 10.6 Å². The van der Waals surface area contributed by atoms with Crippen molar-refractivity contribution in [3.63, 3.8) is 0 Å². The normalized spacial score (nSPS) is 25.3. The number of amides is 1. The third kappa shape index (κ3) is 6.39. The molecule has 19 heavy (non-hydrogen) atoms. The predicted molar refractivity (Wildman–Crippen MR) is 80.2 cm³/mol. The molecule has 2 atom stereocenters. The first kappa shape index (κ1) is 16.4. The van der Waals surface area contributed by atoms with Crippen molar-refractivity contribution >= 4 is 5.91 Å². The molecule has 1 rings (SSSR count). The van der Waals surface area contributed by atoms with E-state index in [2.05, 4.69) is 29.4 Å². The van der Waals surface area contributed by atoms with Crippen LogP contribution in [-0.4, -0.2) is 48.6 Å². The monoisotopic (exact) mass is 269 g/mol. The number of piperidine rings is 1. The van der Waals surface area contributed by atoms with Crippen LogP contribution in [0.25, 0.3) is 0 Å². The first-order valence-electron chi connectivity index (χ1n) is 7.58. The van der Waals surface area contributed by atoms with Crippen molar-refractivity contribution in [1.29, 1.82) is 0 Å². The van der Waals surface area contributed by atoms with Crippen molar-refractivity contribution in [3.05, 3.63) is 0 Å². The van der Waals surface area contributed by atoms with Crippen LogP contribution in [0.3, 0.4) is 0 Å². The molecule has 1 fully saturated rings. The van der Waals surface area contributed by atoms with E-state index in [1.807, 2.05) is 20.8 Å². The van der Waals surface area contributed by atoms with E-state index in [9.17, 15) is 4.79 Å². The van der Waals surface area contributed by atoms with Crippen LogP contribution in [0.4, 0.5) is 0 Å². The van der Waals surface area contributed by atoms with Gasteiger partial charge >= 0.3 is 0 Å². The van der Waals surface area contributed by atoms with E-state index >= 15 is 0 Å². The quantitative estimate of drug-likeness (QED) is 0.797. The van der Waals surface area contributed by atoms with Gasteiger partial charge < -0.3 is 10.6 Å². The molecule has 1 saturated heterocycles. The summed E-state index contributed by atoms with van der Waals surface area (Å²) in [5.41, 5.74) is -0.135. The molecule has 1 amide bonds. The molecule has 2 unspecified atom stereocenters. The fourth-order valence-corrected chi connectivity index (χ4v) is 2.67. The highest BCUT2D eigenvalue weighted by molar-refractivity contribution is 5.78. The molecule has 1 aliphatic rings. The molecule has 112 valence electrons. The van der Waals surface area contributed by atoms with E-state index in [0.717, 1.165) is 26.1 Å². The number of carbonyl (C=O) groups is 1. The first-order chi connectivity index (χ1) is 8.81. The standard InChI is InChI=1S/C15H31N3O/c1-6-8-16-13-7-9-18(10-12(13)2)11-14(19)17-15(3,4)5/h12-13,16H,6-11H2,1-5H3,(H,17,19). The van der Waals surface area contributed by atoms with E-state index < -0.39 is 0 Å². The molecule has 0 radical (unpaired) electrons. The van der Waals surface area contributed by atoms with Gasteiger partial charge in [-0.3, -0.25) is 9.69 Å². The highest BCUT2D eigenvalue weighted by Crippen LogP contribution is 2.16. The summed E-state index contributed by atoms with van der Waals surface area (Å²) >= 11 is 0. The highest BCUT2D eigenvalue weighted by Gasteiger charge is 2.27. The molecule has 2 N–H and O–H groups in total. The summed E-state index contributed by atoms with van der Waals surface area (Å²) < 4.78 is 0. The van der Waals surface area contributed by atoms with E-state index in [4.69, 9.17) is 0 Å². The zero-order chi connectivity index (χ0) is 14.5. The number of nitrogens with zero attached hydrogens (tertiary/aromatic N) is 1. The van der Waals surface area contributed by atoms with Crippen molar-refractivity contribution in [2.75, 3.05) is 26.2 Å². The van der Waals surface area contributed by atoms with Gasteiger partial charge in [-0.25, -0.2) is 0 Å². The minimum absolute atomic E-state index is 0.135. The summed E-state index contributed by atoms with van der Waals surface area (Å²) in [7, 11) is 0. The molecule has 0 spiro atoms. The van der Waals surface area contributed by atoms with Gasteiger partial charge in [-0.15, -0.1) is 0 Å². The molecular formula is C15H31N3O. The number of rotatable bonds is 5. The van der Waals surface area contributed by atoms with Gasteiger partial charge in [-0.1, -0.05) is 13.8 Å². The molecule has 0 aliphatic carbocycles. The summed E-state index contributed by atoms with van der Waals surface area (Å²) in [4.78, 5) is 14.2. The van der Waals surface area contributed by atoms with Crippen LogP contribution in [0.1, 0.15) is 47.5 Å². The lowest BCUT2D eigenvalue weighted by atomic mass is 9.93. The maximum absolute atomic E-state index is 11.9. The van der Waals surface area contributed by atoms with Gasteiger partial charge in [0.1, 0.15) is 0 Å². The topological polar surface area (TPSA) is 44.4 Å². The van der Waals surface area contributed by atoms with E-state index in [-0.39, 0.29) is 11.4 Å². The SMILES string of the molecule is CCCNC1CCN(CC(=O)NC(C)(C)C)CC1C. The largest absolute Gasteiger partial charge is 0.350 e. The van der Waals surface area contributed by atoms with Gasteiger partial charge in [-0.2, -0.15) is 0 Å². The van der Waals surface area contributed by atoms with Crippen LogP contribution >= 0.6 is 0 Å². The third-order valence-electron chi connectivity index (χ3n) is 3.53. The molecule has 4 heteroatoms. The van der Waals surface area contributed by atoms with Crippen LogP contribution in [0, 0.1) is 5.92 Å². The molecule has 4 nitrogen and oxygen atoms in total. The number of carbonyl (C=O) groups excluding carboxylic acids is 1. The predicted octanol–water partition coefficient (Wildman–Crippen LogP) is 1.61. The maximum Gasteiger partial charge on any atom is 0.234 e. The van der Waals surface area contributed by atoms with Gasteiger partial charge in [0.2, 0.25) is 5.91 Å². The maximum atomic E-state index is 11.9. The Morgan fingerprint density at radius 2 is 2.05 bits per heavy atom. The fourth-order valence-electron chi connectivity index (χ4n) is 2.67. The summed E-state index contributed by atoms with van der Waals surface area (Å²) in [6, 6.07) is 0.613. The van der Waals surface area contributed by atoms with Gasteiger partial charge in [-0.05, 0) is 46.1 Å². The lowest BCUT2D eigenvalue weighted by Gasteiger charge is -2.37. The summed E-state index contributed by atoms with van der Waals surface area (Å²) in [5.74, 6) is 0.752. The second kappa shape index (κ2) is 7.25. The zero-order valence-electron chi connectivity index (χ0n) is 13.3. The molecule has 0 saturated carbocycles. The van der Waals surface area contributed by atoms with Gasteiger partial charge in [0.25, 0.3) is 0 Å². The van der Waals surface area contributed by atoms with Crippen LogP contribution in [0.15, 0.2) is 0 Å². The number of hydrogen-bond donors (Lipinski definition) is 2. The molecule has 0 bridgehead atoms. The van der Waals surface area contributed by atoms with Crippen LogP contribution in [-0.2, 0) is 4.79 Å². The van der Waals surface area contributed by atoms with Gasteiger partial charge in [0.05, 0.1) is 6.54 Å². The smallest absolute Gasteiger partial charge is 0.234 e. The molecule has 0 aromatic rings. The second-order valence-corrected chi connectivity index (χ2v) is 6.86. The van der Waals surface area contributed by atoms with Gasteiger partial charge in [0, 0.05) is 24.7 Å². The first-order valence-corrected chi connectivity index (χ1v) is 7.58. The molecule has 1 aliphatic heterocycles. The Kier molecular flexibility index (Phi) is 6.27. The number of nitrogens with one attached hydrogen (secondary N) is 2. The third-order valence-corrected chi connectivity index (χ3v) is 3.53. The number of likely N-dealkylation sites (tertiary alicyclic amines) is 1. The molecule has 0 aromatic heterocycles.